The van der Waals surface area contributed by atoms with E-state index in [9.17, 15) is 8.42 Å². The lowest BCUT2D eigenvalue weighted by atomic mass is 10.1. The summed E-state index contributed by atoms with van der Waals surface area (Å²) in [6, 6.07) is 3.57. The summed E-state index contributed by atoms with van der Waals surface area (Å²) in [5.74, 6) is 0. The number of benzene rings is 1. The molecule has 1 aromatic carbocycles. The lowest BCUT2D eigenvalue weighted by molar-refractivity contribution is 0.601. The Morgan fingerprint density at radius 2 is 1.86 bits per heavy atom. The maximum Gasteiger partial charge on any atom is 0.175 e. The van der Waals surface area contributed by atoms with Crippen molar-refractivity contribution in [1.82, 2.24) is 0 Å². The lowest BCUT2D eigenvalue weighted by Gasteiger charge is -2.09. The van der Waals surface area contributed by atoms with Crippen molar-refractivity contribution in [2.75, 3.05) is 6.26 Å². The van der Waals surface area contributed by atoms with Crippen molar-refractivity contribution in [3.05, 3.63) is 28.8 Å². The van der Waals surface area contributed by atoms with Crippen LogP contribution in [0.4, 0.5) is 0 Å². The number of nitrogens with two attached hydrogens (primary N) is 1. The second-order valence-corrected chi connectivity index (χ2v) is 5.50. The van der Waals surface area contributed by atoms with Crippen LogP contribution in [0.5, 0.6) is 0 Å². The Morgan fingerprint density at radius 3 is 2.29 bits per heavy atom. The molecule has 0 fully saturated rings. The molecule has 0 amide bonds. The van der Waals surface area contributed by atoms with Crippen LogP contribution in [0, 0.1) is 13.8 Å². The lowest BCUT2D eigenvalue weighted by Crippen LogP contribution is -2.05. The third-order valence-electron chi connectivity index (χ3n) is 2.31. The van der Waals surface area contributed by atoms with Crippen LogP contribution >= 0.6 is 0 Å². The van der Waals surface area contributed by atoms with Gasteiger partial charge in [0.25, 0.3) is 0 Å². The van der Waals surface area contributed by atoms with Gasteiger partial charge in [0.05, 0.1) is 4.90 Å². The summed E-state index contributed by atoms with van der Waals surface area (Å²) in [6.45, 7) is 4.07. The normalized spacial score (nSPS) is 11.7. The van der Waals surface area contributed by atoms with E-state index in [0.717, 1.165) is 16.7 Å². The highest BCUT2D eigenvalue weighted by Crippen LogP contribution is 2.20. The van der Waals surface area contributed by atoms with E-state index in [1.54, 1.807) is 6.07 Å². The predicted molar refractivity (Wildman–Crippen MR) is 56.9 cm³/mol. The molecule has 0 spiro atoms. The molecule has 14 heavy (non-hydrogen) atoms. The zero-order valence-corrected chi connectivity index (χ0v) is 9.48. The van der Waals surface area contributed by atoms with Gasteiger partial charge in [-0.3, -0.25) is 0 Å². The van der Waals surface area contributed by atoms with Gasteiger partial charge in [-0.2, -0.15) is 0 Å². The van der Waals surface area contributed by atoms with E-state index in [1.807, 2.05) is 19.9 Å². The fraction of sp³-hybridized carbons (Fsp3) is 0.400. The number of hydrogen-bond acceptors (Lipinski definition) is 3. The molecular weight excluding hydrogens is 198 g/mol. The molecular formula is C10H15NO2S. The molecule has 0 unspecified atom stereocenters. The van der Waals surface area contributed by atoms with Crippen molar-refractivity contribution in [3.8, 4) is 0 Å². The number of aryl methyl sites for hydroxylation is 1. The molecule has 0 bridgehead atoms. The molecule has 4 heteroatoms. The largest absolute Gasteiger partial charge is 0.326 e. The molecule has 0 saturated carbocycles. The van der Waals surface area contributed by atoms with Gasteiger partial charge in [-0.25, -0.2) is 8.42 Å². The van der Waals surface area contributed by atoms with Gasteiger partial charge in [-0.1, -0.05) is 6.07 Å². The molecule has 1 rings (SSSR count). The van der Waals surface area contributed by atoms with Crippen molar-refractivity contribution in [3.63, 3.8) is 0 Å². The molecule has 1 aromatic rings. The van der Waals surface area contributed by atoms with E-state index >= 15 is 0 Å². The van der Waals surface area contributed by atoms with Gasteiger partial charge >= 0.3 is 0 Å². The molecule has 0 aromatic heterocycles. The van der Waals surface area contributed by atoms with Crippen LogP contribution in [-0.4, -0.2) is 14.7 Å². The van der Waals surface area contributed by atoms with E-state index < -0.39 is 9.84 Å². The van der Waals surface area contributed by atoms with Gasteiger partial charge in [0.1, 0.15) is 0 Å². The first kappa shape index (κ1) is 11.2. The fourth-order valence-electron chi connectivity index (χ4n) is 1.40. The van der Waals surface area contributed by atoms with Crippen LogP contribution in [0.3, 0.4) is 0 Å². The Hall–Kier alpha value is -0.870. The number of rotatable bonds is 2. The maximum atomic E-state index is 11.4. The molecule has 0 aliphatic heterocycles. The van der Waals surface area contributed by atoms with Crippen LogP contribution in [0.1, 0.15) is 16.7 Å². The second kappa shape index (κ2) is 3.71. The van der Waals surface area contributed by atoms with Crippen LogP contribution in [0.15, 0.2) is 17.0 Å². The average molecular weight is 213 g/mol. The highest BCUT2D eigenvalue weighted by molar-refractivity contribution is 7.90. The monoisotopic (exact) mass is 213 g/mol. The van der Waals surface area contributed by atoms with E-state index in [2.05, 4.69) is 0 Å². The minimum Gasteiger partial charge on any atom is -0.326 e. The molecule has 0 aliphatic carbocycles. The minimum absolute atomic E-state index is 0.365. The smallest absolute Gasteiger partial charge is 0.175 e. The SMILES string of the molecule is Cc1cc(CN)cc(S(C)(=O)=O)c1C. The Bertz CT molecular complexity index is 449. The summed E-state index contributed by atoms with van der Waals surface area (Å²) in [4.78, 5) is 0.387. The standard InChI is InChI=1S/C10H15NO2S/c1-7-4-9(6-11)5-10(8(7)2)14(3,12)13/h4-5H,6,11H2,1-3H3. The summed E-state index contributed by atoms with van der Waals surface area (Å²) in [6.07, 6.45) is 1.22. The van der Waals surface area contributed by atoms with Crippen molar-refractivity contribution in [2.24, 2.45) is 5.73 Å². The highest BCUT2D eigenvalue weighted by Gasteiger charge is 2.13. The summed E-state index contributed by atoms with van der Waals surface area (Å²) < 4.78 is 22.9. The third-order valence-corrected chi connectivity index (χ3v) is 3.54. The summed E-state index contributed by atoms with van der Waals surface area (Å²) in [5, 5.41) is 0. The fourth-order valence-corrected chi connectivity index (χ4v) is 2.48. The molecule has 0 radical (unpaired) electrons. The van der Waals surface area contributed by atoms with Crippen LogP contribution in [0.25, 0.3) is 0 Å². The Labute approximate surface area is 84.9 Å². The van der Waals surface area contributed by atoms with Gasteiger partial charge in [0.2, 0.25) is 0 Å². The average Bonchev–Trinajstić information content (AvgIpc) is 2.07. The van der Waals surface area contributed by atoms with E-state index in [0.29, 0.717) is 11.4 Å². The van der Waals surface area contributed by atoms with E-state index in [-0.39, 0.29) is 0 Å². The summed E-state index contributed by atoms with van der Waals surface area (Å²) >= 11 is 0. The maximum absolute atomic E-state index is 11.4. The third kappa shape index (κ3) is 2.13. The van der Waals surface area contributed by atoms with Crippen LogP contribution < -0.4 is 5.73 Å². The zero-order chi connectivity index (χ0) is 10.9. The molecule has 78 valence electrons. The summed E-state index contributed by atoms with van der Waals surface area (Å²) in [7, 11) is -3.14. The Kier molecular flexibility index (Phi) is 2.97. The van der Waals surface area contributed by atoms with E-state index in [4.69, 9.17) is 5.73 Å². The number of sulfone groups is 1. The molecule has 0 heterocycles. The van der Waals surface area contributed by atoms with Crippen molar-refractivity contribution in [2.45, 2.75) is 25.3 Å². The van der Waals surface area contributed by atoms with Gasteiger partial charge < -0.3 is 5.73 Å². The van der Waals surface area contributed by atoms with Gasteiger partial charge in [0, 0.05) is 12.8 Å². The molecule has 3 nitrogen and oxygen atoms in total. The minimum atomic E-state index is -3.14. The van der Waals surface area contributed by atoms with Gasteiger partial charge in [-0.15, -0.1) is 0 Å². The molecule has 0 saturated heterocycles. The van der Waals surface area contributed by atoms with Crippen LogP contribution in [-0.2, 0) is 16.4 Å². The van der Waals surface area contributed by atoms with Crippen LogP contribution in [0.2, 0.25) is 0 Å². The number of hydrogen-bond donors (Lipinski definition) is 1. The molecule has 0 aliphatic rings. The Balaban J connectivity index is 3.51. The second-order valence-electron chi connectivity index (χ2n) is 3.51. The first-order valence-corrected chi connectivity index (χ1v) is 6.25. The summed E-state index contributed by atoms with van der Waals surface area (Å²) in [5.41, 5.74) is 8.12. The topological polar surface area (TPSA) is 60.2 Å². The first-order chi connectivity index (χ1) is 6.36. The first-order valence-electron chi connectivity index (χ1n) is 4.36. The molecule has 0 atom stereocenters. The van der Waals surface area contributed by atoms with Crippen molar-refractivity contribution >= 4 is 9.84 Å². The quantitative estimate of drug-likeness (QED) is 0.802. The van der Waals surface area contributed by atoms with Crippen molar-refractivity contribution in [1.29, 1.82) is 0 Å². The molecule has 2 N–H and O–H groups in total. The van der Waals surface area contributed by atoms with Gasteiger partial charge in [0.15, 0.2) is 9.84 Å². The van der Waals surface area contributed by atoms with Crippen molar-refractivity contribution < 1.29 is 8.42 Å². The Morgan fingerprint density at radius 1 is 1.29 bits per heavy atom. The zero-order valence-electron chi connectivity index (χ0n) is 8.66. The highest BCUT2D eigenvalue weighted by atomic mass is 32.2. The van der Waals surface area contributed by atoms with Gasteiger partial charge in [-0.05, 0) is 36.6 Å². The predicted octanol–water partition coefficient (Wildman–Crippen LogP) is 1.17. The van der Waals surface area contributed by atoms with E-state index in [1.165, 1.54) is 6.26 Å².